The lowest BCUT2D eigenvalue weighted by Gasteiger charge is -2.12. The molecule has 0 bridgehead atoms. The molecule has 1 atom stereocenters. The molecule has 0 radical (unpaired) electrons. The van der Waals surface area contributed by atoms with Crippen molar-refractivity contribution < 1.29 is 14.6 Å². The summed E-state index contributed by atoms with van der Waals surface area (Å²) in [5.41, 5.74) is 4.03. The number of hydrogen-bond acceptors (Lipinski definition) is 3. The van der Waals surface area contributed by atoms with Crippen LogP contribution in [0.4, 0.5) is 0 Å². The molecule has 1 aliphatic heterocycles. The summed E-state index contributed by atoms with van der Waals surface area (Å²) in [6.45, 7) is 6.54. The highest BCUT2D eigenvalue weighted by Crippen LogP contribution is 2.24. The Hall–Kier alpha value is -1.82. The molecule has 2 heterocycles. The van der Waals surface area contributed by atoms with E-state index in [1.165, 1.54) is 0 Å². The standard InChI is InChI=1S/C20H25ClN2O3/c1-13-18(11-22-10-17-7-4-8-26-17)19(20(24)25)14(2)23(13)12-15-5-3-6-16(21)9-15/h3,5-6,9,17,22H,4,7-8,10-12H2,1-2H3,(H,24,25). The minimum atomic E-state index is -0.885. The Labute approximate surface area is 158 Å². The Kier molecular flexibility index (Phi) is 6.01. The van der Waals surface area contributed by atoms with E-state index < -0.39 is 5.97 Å². The molecule has 0 aliphatic carbocycles. The van der Waals surface area contributed by atoms with Gasteiger partial charge in [0, 0.05) is 48.2 Å². The van der Waals surface area contributed by atoms with E-state index in [9.17, 15) is 9.90 Å². The summed E-state index contributed by atoms with van der Waals surface area (Å²) in [6.07, 6.45) is 2.39. The number of aromatic carboxylic acids is 1. The molecule has 26 heavy (non-hydrogen) atoms. The van der Waals surface area contributed by atoms with Gasteiger partial charge in [0.2, 0.25) is 0 Å². The van der Waals surface area contributed by atoms with E-state index >= 15 is 0 Å². The Balaban J connectivity index is 1.82. The summed E-state index contributed by atoms with van der Waals surface area (Å²) in [6, 6.07) is 7.66. The van der Waals surface area contributed by atoms with E-state index in [0.29, 0.717) is 23.7 Å². The second-order valence-electron chi connectivity index (χ2n) is 6.81. The summed E-state index contributed by atoms with van der Waals surface area (Å²) in [4.78, 5) is 11.8. The topological polar surface area (TPSA) is 63.5 Å². The Morgan fingerprint density at radius 1 is 1.38 bits per heavy atom. The molecule has 1 aromatic heterocycles. The fraction of sp³-hybridized carbons (Fsp3) is 0.450. The van der Waals surface area contributed by atoms with Gasteiger partial charge in [-0.3, -0.25) is 0 Å². The van der Waals surface area contributed by atoms with Gasteiger partial charge in [0.15, 0.2) is 0 Å². The van der Waals surface area contributed by atoms with Crippen molar-refractivity contribution in [3.63, 3.8) is 0 Å². The van der Waals surface area contributed by atoms with Crippen molar-refractivity contribution in [1.29, 1.82) is 0 Å². The highest BCUT2D eigenvalue weighted by Gasteiger charge is 2.23. The van der Waals surface area contributed by atoms with Crippen LogP contribution in [0.5, 0.6) is 0 Å². The van der Waals surface area contributed by atoms with Crippen LogP contribution in [0.1, 0.15) is 45.7 Å². The number of benzene rings is 1. The van der Waals surface area contributed by atoms with E-state index in [1.807, 2.05) is 38.1 Å². The molecule has 3 rings (SSSR count). The molecular formula is C20H25ClN2O3. The third kappa shape index (κ3) is 4.11. The Morgan fingerprint density at radius 3 is 2.85 bits per heavy atom. The van der Waals surface area contributed by atoms with Gasteiger partial charge >= 0.3 is 5.97 Å². The van der Waals surface area contributed by atoms with E-state index in [4.69, 9.17) is 16.3 Å². The zero-order chi connectivity index (χ0) is 18.7. The SMILES string of the molecule is Cc1c(CNCC2CCCO2)c(C(=O)O)c(C)n1Cc1cccc(Cl)c1. The maximum absolute atomic E-state index is 11.8. The van der Waals surface area contributed by atoms with Crippen LogP contribution in [0.15, 0.2) is 24.3 Å². The van der Waals surface area contributed by atoms with Gasteiger partial charge in [-0.1, -0.05) is 23.7 Å². The lowest BCUT2D eigenvalue weighted by Crippen LogP contribution is -2.26. The van der Waals surface area contributed by atoms with Crippen molar-refractivity contribution in [2.75, 3.05) is 13.2 Å². The predicted octanol–water partition coefficient (Wildman–Crippen LogP) is 3.77. The van der Waals surface area contributed by atoms with Gasteiger partial charge in [-0.25, -0.2) is 4.79 Å². The number of nitrogens with zero attached hydrogens (tertiary/aromatic N) is 1. The van der Waals surface area contributed by atoms with Crippen molar-refractivity contribution in [3.05, 3.63) is 57.4 Å². The molecule has 1 aromatic carbocycles. The molecule has 5 nitrogen and oxygen atoms in total. The van der Waals surface area contributed by atoms with E-state index in [2.05, 4.69) is 9.88 Å². The molecule has 1 fully saturated rings. The lowest BCUT2D eigenvalue weighted by molar-refractivity contribution is 0.0694. The fourth-order valence-corrected chi connectivity index (χ4v) is 3.88. The highest BCUT2D eigenvalue weighted by atomic mass is 35.5. The Bertz CT molecular complexity index is 795. The minimum absolute atomic E-state index is 0.234. The molecule has 0 amide bonds. The van der Waals surface area contributed by atoms with Gasteiger partial charge in [-0.05, 0) is 44.4 Å². The molecule has 140 valence electrons. The summed E-state index contributed by atoms with van der Waals surface area (Å²) in [5, 5.41) is 13.8. The third-order valence-electron chi connectivity index (χ3n) is 5.05. The monoisotopic (exact) mass is 376 g/mol. The molecule has 6 heteroatoms. The van der Waals surface area contributed by atoms with Crippen LogP contribution in [0, 0.1) is 13.8 Å². The van der Waals surface area contributed by atoms with E-state index in [-0.39, 0.29) is 6.10 Å². The first kappa shape index (κ1) is 19.0. The predicted molar refractivity (Wildman–Crippen MR) is 102 cm³/mol. The first-order chi connectivity index (χ1) is 12.5. The lowest BCUT2D eigenvalue weighted by atomic mass is 10.1. The van der Waals surface area contributed by atoms with Crippen LogP contribution >= 0.6 is 11.6 Å². The summed E-state index contributed by atoms with van der Waals surface area (Å²) < 4.78 is 7.68. The van der Waals surface area contributed by atoms with Crippen molar-refractivity contribution >= 4 is 17.6 Å². The van der Waals surface area contributed by atoms with Crippen molar-refractivity contribution in [2.24, 2.45) is 0 Å². The van der Waals surface area contributed by atoms with Crippen LogP contribution in [-0.2, 0) is 17.8 Å². The van der Waals surface area contributed by atoms with Gasteiger partial charge in [0.1, 0.15) is 0 Å². The smallest absolute Gasteiger partial charge is 0.337 e. The highest BCUT2D eigenvalue weighted by molar-refractivity contribution is 6.30. The van der Waals surface area contributed by atoms with Crippen LogP contribution in [0.3, 0.4) is 0 Å². The summed E-state index contributed by atoms with van der Waals surface area (Å²) in [5.74, 6) is -0.885. The minimum Gasteiger partial charge on any atom is -0.478 e. The van der Waals surface area contributed by atoms with Gasteiger partial charge < -0.3 is 19.7 Å². The van der Waals surface area contributed by atoms with Crippen LogP contribution in [0.2, 0.25) is 5.02 Å². The normalized spacial score (nSPS) is 17.0. The molecule has 0 saturated carbocycles. The maximum atomic E-state index is 11.8. The fourth-order valence-electron chi connectivity index (χ4n) is 3.67. The number of carboxylic acid groups (broad SMARTS) is 1. The van der Waals surface area contributed by atoms with Crippen LogP contribution in [-0.4, -0.2) is 34.9 Å². The van der Waals surface area contributed by atoms with E-state index in [0.717, 1.165) is 48.5 Å². The Morgan fingerprint density at radius 2 is 2.19 bits per heavy atom. The average molecular weight is 377 g/mol. The van der Waals surface area contributed by atoms with Crippen molar-refractivity contribution in [2.45, 2.75) is 45.9 Å². The van der Waals surface area contributed by atoms with Gasteiger partial charge in [-0.15, -0.1) is 0 Å². The van der Waals surface area contributed by atoms with Gasteiger partial charge in [0.25, 0.3) is 0 Å². The number of ether oxygens (including phenoxy) is 1. The number of carboxylic acids is 1. The zero-order valence-corrected chi connectivity index (χ0v) is 16.0. The van der Waals surface area contributed by atoms with Crippen molar-refractivity contribution in [1.82, 2.24) is 9.88 Å². The number of rotatable bonds is 7. The second-order valence-corrected chi connectivity index (χ2v) is 7.25. The largest absolute Gasteiger partial charge is 0.478 e. The zero-order valence-electron chi connectivity index (χ0n) is 15.2. The summed E-state index contributed by atoms with van der Waals surface area (Å²) in [7, 11) is 0. The second kappa shape index (κ2) is 8.25. The van der Waals surface area contributed by atoms with Gasteiger partial charge in [-0.2, -0.15) is 0 Å². The van der Waals surface area contributed by atoms with E-state index in [1.54, 1.807) is 0 Å². The summed E-state index contributed by atoms with van der Waals surface area (Å²) >= 11 is 6.08. The first-order valence-electron chi connectivity index (χ1n) is 8.96. The molecule has 2 N–H and O–H groups in total. The maximum Gasteiger partial charge on any atom is 0.337 e. The number of aromatic nitrogens is 1. The molecular weight excluding hydrogens is 352 g/mol. The van der Waals surface area contributed by atoms with Crippen LogP contribution < -0.4 is 5.32 Å². The molecule has 1 unspecified atom stereocenters. The van der Waals surface area contributed by atoms with Gasteiger partial charge in [0.05, 0.1) is 11.7 Å². The van der Waals surface area contributed by atoms with Crippen LogP contribution in [0.25, 0.3) is 0 Å². The third-order valence-corrected chi connectivity index (χ3v) is 5.29. The van der Waals surface area contributed by atoms with Crippen molar-refractivity contribution in [3.8, 4) is 0 Å². The number of carbonyl (C=O) groups is 1. The molecule has 1 saturated heterocycles. The molecule has 1 aliphatic rings. The first-order valence-corrected chi connectivity index (χ1v) is 9.33. The molecule has 0 spiro atoms. The number of nitrogens with one attached hydrogen (secondary N) is 1. The molecule has 2 aromatic rings. The quantitative estimate of drug-likeness (QED) is 0.772. The average Bonchev–Trinajstić information content (AvgIpc) is 3.18. The number of halogens is 1. The number of hydrogen-bond donors (Lipinski definition) is 2.